The third-order valence-corrected chi connectivity index (χ3v) is 2.57. The van der Waals surface area contributed by atoms with Gasteiger partial charge in [-0.1, -0.05) is 0 Å². The minimum Gasteiger partial charge on any atom is -0.469 e. The summed E-state index contributed by atoms with van der Waals surface area (Å²) >= 11 is 0. The number of nitrogens with zero attached hydrogens (tertiary/aromatic N) is 2. The molecule has 0 bridgehead atoms. The van der Waals surface area contributed by atoms with Crippen LogP contribution in [0.2, 0.25) is 0 Å². The zero-order valence-electron chi connectivity index (χ0n) is 9.93. The van der Waals surface area contributed by atoms with Crippen LogP contribution in [0, 0.1) is 6.92 Å². The predicted octanol–water partition coefficient (Wildman–Crippen LogP) is 1.73. The Morgan fingerprint density at radius 2 is 2.41 bits per heavy atom. The normalized spacial score (nSPS) is 10.5. The van der Waals surface area contributed by atoms with Crippen LogP contribution >= 0.6 is 0 Å². The molecule has 17 heavy (non-hydrogen) atoms. The average molecular weight is 233 g/mol. The van der Waals surface area contributed by atoms with Gasteiger partial charge < -0.3 is 9.73 Å². The predicted molar refractivity (Wildman–Crippen MR) is 62.5 cm³/mol. The molecule has 0 spiro atoms. The zero-order chi connectivity index (χ0) is 12.3. The van der Waals surface area contributed by atoms with Gasteiger partial charge >= 0.3 is 0 Å². The maximum atomic E-state index is 11.8. The molecule has 5 heteroatoms. The molecule has 2 aromatic heterocycles. The van der Waals surface area contributed by atoms with Gasteiger partial charge in [0, 0.05) is 24.8 Å². The molecule has 1 N–H and O–H groups in total. The summed E-state index contributed by atoms with van der Waals surface area (Å²) in [6.07, 6.45) is 5.19. The summed E-state index contributed by atoms with van der Waals surface area (Å²) in [5, 5.41) is 6.97. The Bertz CT molecular complexity index is 513. The fraction of sp³-hybridized carbons (Fsp3) is 0.333. The highest BCUT2D eigenvalue weighted by Gasteiger charge is 2.10. The van der Waals surface area contributed by atoms with Crippen molar-refractivity contribution in [1.82, 2.24) is 15.1 Å². The van der Waals surface area contributed by atoms with Gasteiger partial charge in [-0.2, -0.15) is 5.10 Å². The molecular weight excluding hydrogens is 218 g/mol. The minimum absolute atomic E-state index is 0.125. The van der Waals surface area contributed by atoms with E-state index in [0.717, 1.165) is 12.1 Å². The van der Waals surface area contributed by atoms with Crippen molar-refractivity contribution in [1.29, 1.82) is 0 Å². The van der Waals surface area contributed by atoms with E-state index in [-0.39, 0.29) is 5.91 Å². The highest BCUT2D eigenvalue weighted by atomic mass is 16.3. The van der Waals surface area contributed by atoms with E-state index in [9.17, 15) is 4.79 Å². The van der Waals surface area contributed by atoms with Crippen molar-refractivity contribution < 1.29 is 9.21 Å². The number of aryl methyl sites for hydroxylation is 2. The number of hydrogen-bond donors (Lipinski definition) is 1. The molecule has 2 rings (SSSR count). The summed E-state index contributed by atoms with van der Waals surface area (Å²) in [6, 6.07) is 1.67. The molecule has 5 nitrogen and oxygen atoms in total. The Hall–Kier alpha value is -2.04. The summed E-state index contributed by atoms with van der Waals surface area (Å²) in [7, 11) is 0. The molecular formula is C12H15N3O2. The number of amides is 1. The fourth-order valence-corrected chi connectivity index (χ4v) is 1.57. The second kappa shape index (κ2) is 4.86. The lowest BCUT2D eigenvalue weighted by atomic mass is 10.2. The molecule has 0 radical (unpaired) electrons. The van der Waals surface area contributed by atoms with Crippen molar-refractivity contribution in [2.75, 3.05) is 0 Å². The van der Waals surface area contributed by atoms with Gasteiger partial charge in [-0.05, 0) is 19.9 Å². The van der Waals surface area contributed by atoms with Crippen molar-refractivity contribution >= 4 is 5.91 Å². The number of aromatic nitrogens is 2. The number of furan rings is 1. The molecule has 1 amide bonds. The van der Waals surface area contributed by atoms with Gasteiger partial charge in [-0.15, -0.1) is 0 Å². The summed E-state index contributed by atoms with van der Waals surface area (Å²) in [6.45, 7) is 5.09. The van der Waals surface area contributed by atoms with Crippen molar-refractivity contribution in [3.63, 3.8) is 0 Å². The molecule has 0 aromatic carbocycles. The van der Waals surface area contributed by atoms with Gasteiger partial charge in [-0.3, -0.25) is 9.48 Å². The first kappa shape index (κ1) is 11.4. The number of carbonyl (C=O) groups excluding carboxylic acids is 1. The highest BCUT2D eigenvalue weighted by molar-refractivity contribution is 5.94. The van der Waals surface area contributed by atoms with Crippen molar-refractivity contribution in [2.24, 2.45) is 0 Å². The van der Waals surface area contributed by atoms with E-state index in [4.69, 9.17) is 4.42 Å². The van der Waals surface area contributed by atoms with E-state index in [1.165, 1.54) is 6.26 Å². The van der Waals surface area contributed by atoms with Crippen molar-refractivity contribution in [3.8, 4) is 0 Å². The van der Waals surface area contributed by atoms with Crippen LogP contribution in [-0.2, 0) is 13.1 Å². The van der Waals surface area contributed by atoms with E-state index in [1.807, 2.05) is 17.8 Å². The van der Waals surface area contributed by atoms with Gasteiger partial charge in [0.15, 0.2) is 0 Å². The molecule has 0 fully saturated rings. The number of carbonyl (C=O) groups is 1. The Labute approximate surface area is 99.4 Å². The van der Waals surface area contributed by atoms with Gasteiger partial charge in [0.05, 0.1) is 18.0 Å². The van der Waals surface area contributed by atoms with Crippen LogP contribution in [0.4, 0.5) is 0 Å². The molecule has 0 saturated heterocycles. The minimum atomic E-state index is -0.125. The highest BCUT2D eigenvalue weighted by Crippen LogP contribution is 2.08. The number of rotatable bonds is 4. The standard InChI is InChI=1S/C12H15N3O2/c1-3-15-8-10(7-14-15)6-13-12(16)11-4-5-17-9(11)2/h4-5,7-8H,3,6H2,1-2H3,(H,13,16). The average Bonchev–Trinajstić information content (AvgIpc) is 2.94. The SMILES string of the molecule is CCn1cc(CNC(=O)c2ccoc2C)cn1. The monoisotopic (exact) mass is 233 g/mol. The maximum absolute atomic E-state index is 11.8. The molecule has 0 aliphatic carbocycles. The van der Waals surface area contributed by atoms with E-state index >= 15 is 0 Å². The number of hydrogen-bond acceptors (Lipinski definition) is 3. The maximum Gasteiger partial charge on any atom is 0.255 e. The van der Waals surface area contributed by atoms with E-state index in [0.29, 0.717) is 17.9 Å². The lowest BCUT2D eigenvalue weighted by molar-refractivity contribution is 0.0949. The second-order valence-electron chi connectivity index (χ2n) is 3.78. The molecule has 0 aliphatic heterocycles. The first-order chi connectivity index (χ1) is 8.20. The fourth-order valence-electron chi connectivity index (χ4n) is 1.57. The first-order valence-electron chi connectivity index (χ1n) is 5.54. The largest absolute Gasteiger partial charge is 0.469 e. The summed E-state index contributed by atoms with van der Waals surface area (Å²) in [4.78, 5) is 11.8. The Balaban J connectivity index is 1.94. The van der Waals surface area contributed by atoms with Crippen LogP contribution in [-0.4, -0.2) is 15.7 Å². The van der Waals surface area contributed by atoms with Crippen LogP contribution in [0.15, 0.2) is 29.1 Å². The van der Waals surface area contributed by atoms with Gasteiger partial charge in [0.1, 0.15) is 5.76 Å². The summed E-state index contributed by atoms with van der Waals surface area (Å²) in [5.41, 5.74) is 1.56. The van der Waals surface area contributed by atoms with E-state index in [1.54, 1.807) is 19.2 Å². The van der Waals surface area contributed by atoms with Crippen LogP contribution in [0.1, 0.15) is 28.6 Å². The third-order valence-electron chi connectivity index (χ3n) is 2.57. The quantitative estimate of drug-likeness (QED) is 0.874. The number of nitrogens with one attached hydrogen (secondary N) is 1. The molecule has 2 heterocycles. The van der Waals surface area contributed by atoms with Crippen LogP contribution < -0.4 is 5.32 Å². The van der Waals surface area contributed by atoms with Gasteiger partial charge in [0.25, 0.3) is 5.91 Å². The molecule has 90 valence electrons. The van der Waals surface area contributed by atoms with Gasteiger partial charge in [0.2, 0.25) is 0 Å². The van der Waals surface area contributed by atoms with Crippen LogP contribution in [0.3, 0.4) is 0 Å². The lowest BCUT2D eigenvalue weighted by Crippen LogP contribution is -2.22. The Kier molecular flexibility index (Phi) is 3.27. The molecule has 2 aromatic rings. The first-order valence-corrected chi connectivity index (χ1v) is 5.54. The third kappa shape index (κ3) is 2.55. The molecule has 0 saturated carbocycles. The van der Waals surface area contributed by atoms with E-state index in [2.05, 4.69) is 10.4 Å². The van der Waals surface area contributed by atoms with Crippen molar-refractivity contribution in [3.05, 3.63) is 41.6 Å². The molecule has 0 aliphatic rings. The molecule has 0 unspecified atom stereocenters. The van der Waals surface area contributed by atoms with Crippen molar-refractivity contribution in [2.45, 2.75) is 26.9 Å². The van der Waals surface area contributed by atoms with Gasteiger partial charge in [-0.25, -0.2) is 0 Å². The van der Waals surface area contributed by atoms with Crippen LogP contribution in [0.5, 0.6) is 0 Å². The molecule has 0 atom stereocenters. The summed E-state index contributed by atoms with van der Waals surface area (Å²) in [5.74, 6) is 0.507. The smallest absolute Gasteiger partial charge is 0.255 e. The topological polar surface area (TPSA) is 60.1 Å². The second-order valence-corrected chi connectivity index (χ2v) is 3.78. The lowest BCUT2D eigenvalue weighted by Gasteiger charge is -2.01. The Morgan fingerprint density at radius 3 is 3.00 bits per heavy atom. The van der Waals surface area contributed by atoms with E-state index < -0.39 is 0 Å². The zero-order valence-corrected chi connectivity index (χ0v) is 9.93. The van der Waals surface area contributed by atoms with Crippen LogP contribution in [0.25, 0.3) is 0 Å². The Morgan fingerprint density at radius 1 is 1.59 bits per heavy atom. The summed E-state index contributed by atoms with van der Waals surface area (Å²) < 4.78 is 6.91.